The van der Waals surface area contributed by atoms with Crippen LogP contribution in [0.15, 0.2) is 106 Å². The van der Waals surface area contributed by atoms with Crippen LogP contribution >= 0.6 is 11.3 Å². The van der Waals surface area contributed by atoms with Crippen molar-refractivity contribution in [3.63, 3.8) is 0 Å². The van der Waals surface area contributed by atoms with Crippen LogP contribution in [0.3, 0.4) is 0 Å². The molecule has 1 aliphatic rings. The van der Waals surface area contributed by atoms with Gasteiger partial charge in [0.05, 0.1) is 42.7 Å². The van der Waals surface area contributed by atoms with Crippen LogP contribution in [0.1, 0.15) is 36.6 Å². The lowest BCUT2D eigenvalue weighted by Crippen LogP contribution is -2.39. The minimum atomic E-state index is -0.766. The van der Waals surface area contributed by atoms with Crippen molar-refractivity contribution < 1.29 is 23.7 Å². The Hall–Kier alpha value is -5.15. The highest BCUT2D eigenvalue weighted by molar-refractivity contribution is 7.07. The summed E-state index contributed by atoms with van der Waals surface area (Å²) in [4.78, 5) is 32.4. The summed E-state index contributed by atoms with van der Waals surface area (Å²) >= 11 is 1.27. The monoisotopic (exact) mass is 620 g/mol. The van der Waals surface area contributed by atoms with Gasteiger partial charge in [0.2, 0.25) is 0 Å². The Balaban J connectivity index is 1.39. The van der Waals surface area contributed by atoms with Gasteiger partial charge in [0.1, 0.15) is 12.4 Å². The number of esters is 1. The number of benzene rings is 4. The van der Waals surface area contributed by atoms with Crippen molar-refractivity contribution in [3.8, 4) is 17.2 Å². The number of ether oxygens (including phenoxy) is 4. The van der Waals surface area contributed by atoms with Gasteiger partial charge in [-0.15, -0.1) is 0 Å². The first-order valence-electron chi connectivity index (χ1n) is 14.5. The lowest BCUT2D eigenvalue weighted by molar-refractivity contribution is -0.139. The predicted molar refractivity (Wildman–Crippen MR) is 175 cm³/mol. The quantitative estimate of drug-likeness (QED) is 0.201. The van der Waals surface area contributed by atoms with Crippen molar-refractivity contribution in [2.45, 2.75) is 26.5 Å². The van der Waals surface area contributed by atoms with Gasteiger partial charge in [-0.1, -0.05) is 72.0 Å². The average Bonchev–Trinajstić information content (AvgIpc) is 3.36. The number of thiazole rings is 1. The molecule has 0 bridgehead atoms. The van der Waals surface area contributed by atoms with Crippen LogP contribution in [-0.2, 0) is 16.1 Å². The van der Waals surface area contributed by atoms with Gasteiger partial charge in [0.25, 0.3) is 5.56 Å². The Morgan fingerprint density at radius 2 is 1.73 bits per heavy atom. The summed E-state index contributed by atoms with van der Waals surface area (Å²) in [6.45, 7) is 4.11. The van der Waals surface area contributed by atoms with Crippen molar-refractivity contribution >= 4 is 34.2 Å². The Labute approximate surface area is 264 Å². The number of rotatable bonds is 9. The molecule has 6 rings (SSSR count). The molecule has 228 valence electrons. The summed E-state index contributed by atoms with van der Waals surface area (Å²) in [6, 6.07) is 26.6. The molecule has 8 nitrogen and oxygen atoms in total. The van der Waals surface area contributed by atoms with Crippen molar-refractivity contribution in [2.24, 2.45) is 4.99 Å². The van der Waals surface area contributed by atoms with Crippen LogP contribution in [-0.4, -0.2) is 31.4 Å². The third-order valence-corrected chi connectivity index (χ3v) is 8.65. The smallest absolute Gasteiger partial charge is 0.338 e. The van der Waals surface area contributed by atoms with Gasteiger partial charge in [-0.05, 0) is 71.7 Å². The zero-order valence-corrected chi connectivity index (χ0v) is 26.2. The number of carbonyl (C=O) groups is 1. The normalized spacial score (nSPS) is 14.6. The van der Waals surface area contributed by atoms with Gasteiger partial charge in [-0.2, -0.15) is 0 Å². The molecule has 9 heteroatoms. The van der Waals surface area contributed by atoms with E-state index in [4.69, 9.17) is 18.9 Å². The SMILES string of the molecule is CCOC(=O)C1=C(C)N=c2s/c(=C/c3cccc(OCc4cccc5ccccc45)c3)c(=O)n2[C@H]1c1ccc(OC)c(OC)c1. The van der Waals surface area contributed by atoms with Gasteiger partial charge in [-0.25, -0.2) is 9.79 Å². The van der Waals surface area contributed by atoms with E-state index in [0.717, 1.165) is 21.9 Å². The number of allylic oxidation sites excluding steroid dienone is 1. The van der Waals surface area contributed by atoms with Crippen LogP contribution in [0, 0.1) is 0 Å². The zero-order valence-electron chi connectivity index (χ0n) is 25.4. The number of nitrogens with zero attached hydrogens (tertiary/aromatic N) is 2. The molecule has 0 spiro atoms. The summed E-state index contributed by atoms with van der Waals surface area (Å²) in [5.74, 6) is 1.18. The third kappa shape index (κ3) is 5.86. The maximum absolute atomic E-state index is 14.1. The molecular formula is C36H32N2O6S. The number of hydrogen-bond donors (Lipinski definition) is 0. The molecule has 0 amide bonds. The van der Waals surface area contributed by atoms with Crippen molar-refractivity contribution in [2.75, 3.05) is 20.8 Å². The van der Waals surface area contributed by atoms with Crippen molar-refractivity contribution in [3.05, 3.63) is 133 Å². The summed E-state index contributed by atoms with van der Waals surface area (Å²) in [7, 11) is 3.10. The first-order valence-corrected chi connectivity index (χ1v) is 15.3. The van der Waals surface area contributed by atoms with E-state index in [9.17, 15) is 9.59 Å². The molecule has 0 unspecified atom stereocenters. The molecule has 0 N–H and O–H groups in total. The first-order chi connectivity index (χ1) is 21.9. The van der Waals surface area contributed by atoms with Crippen LogP contribution < -0.4 is 29.1 Å². The van der Waals surface area contributed by atoms with Gasteiger partial charge >= 0.3 is 5.97 Å². The highest BCUT2D eigenvalue weighted by Crippen LogP contribution is 2.36. The molecule has 0 saturated carbocycles. The maximum Gasteiger partial charge on any atom is 0.338 e. The van der Waals surface area contributed by atoms with E-state index in [2.05, 4.69) is 29.3 Å². The van der Waals surface area contributed by atoms with E-state index in [1.807, 2.05) is 54.6 Å². The van der Waals surface area contributed by atoms with E-state index in [1.165, 1.54) is 11.3 Å². The summed E-state index contributed by atoms with van der Waals surface area (Å²) in [5, 5.41) is 2.31. The molecule has 45 heavy (non-hydrogen) atoms. The predicted octanol–water partition coefficient (Wildman–Crippen LogP) is 5.55. The average molecular weight is 621 g/mol. The number of aromatic nitrogens is 1. The van der Waals surface area contributed by atoms with Crippen LogP contribution in [0.5, 0.6) is 17.2 Å². The van der Waals surface area contributed by atoms with E-state index in [0.29, 0.717) is 50.0 Å². The highest BCUT2D eigenvalue weighted by atomic mass is 32.1. The van der Waals surface area contributed by atoms with Gasteiger partial charge in [0.15, 0.2) is 16.3 Å². The molecule has 0 saturated heterocycles. The van der Waals surface area contributed by atoms with Gasteiger partial charge < -0.3 is 18.9 Å². The second kappa shape index (κ2) is 12.8. The molecular weight excluding hydrogens is 588 g/mol. The van der Waals surface area contributed by atoms with E-state index in [-0.39, 0.29) is 12.2 Å². The standard InChI is InChI=1S/C36H32N2O6S/c1-5-43-35(40)32-22(2)37-36-38(33(32)25-16-17-29(41-3)30(20-25)42-4)34(39)31(45-36)19-23-10-8-14-27(18-23)44-21-26-13-9-12-24-11-6-7-15-28(24)26/h6-20,33H,5,21H2,1-4H3/b31-19+/t33-/m0/s1. The lowest BCUT2D eigenvalue weighted by atomic mass is 9.95. The number of hydrogen-bond acceptors (Lipinski definition) is 8. The van der Waals surface area contributed by atoms with Crippen molar-refractivity contribution in [1.82, 2.24) is 4.57 Å². The topological polar surface area (TPSA) is 88.4 Å². The summed E-state index contributed by atoms with van der Waals surface area (Å²) in [6.07, 6.45) is 1.82. The summed E-state index contributed by atoms with van der Waals surface area (Å²) in [5.41, 5.74) is 3.09. The molecule has 1 aromatic heterocycles. The Kier molecular flexibility index (Phi) is 8.53. The Bertz CT molecular complexity index is 2120. The minimum absolute atomic E-state index is 0.192. The highest BCUT2D eigenvalue weighted by Gasteiger charge is 2.34. The second-order valence-corrected chi connectivity index (χ2v) is 11.4. The molecule has 4 aromatic carbocycles. The van der Waals surface area contributed by atoms with E-state index in [1.54, 1.807) is 44.8 Å². The Morgan fingerprint density at radius 1 is 0.956 bits per heavy atom. The second-order valence-electron chi connectivity index (χ2n) is 10.4. The molecule has 0 radical (unpaired) electrons. The molecule has 0 aliphatic carbocycles. The molecule has 0 fully saturated rings. The fourth-order valence-electron chi connectivity index (χ4n) is 5.55. The maximum atomic E-state index is 14.1. The number of fused-ring (bicyclic) bond motifs is 2. The fraction of sp³-hybridized carbons (Fsp3) is 0.194. The number of carbonyl (C=O) groups excluding carboxylic acids is 1. The largest absolute Gasteiger partial charge is 0.493 e. The molecule has 1 atom stereocenters. The molecule has 2 heterocycles. The van der Waals surface area contributed by atoms with Gasteiger partial charge in [0, 0.05) is 0 Å². The van der Waals surface area contributed by atoms with Crippen LogP contribution in [0.2, 0.25) is 0 Å². The van der Waals surface area contributed by atoms with E-state index < -0.39 is 12.0 Å². The minimum Gasteiger partial charge on any atom is -0.493 e. The lowest BCUT2D eigenvalue weighted by Gasteiger charge is -2.25. The molecule has 1 aliphatic heterocycles. The Morgan fingerprint density at radius 3 is 2.53 bits per heavy atom. The zero-order chi connectivity index (χ0) is 31.5. The van der Waals surface area contributed by atoms with Crippen LogP contribution in [0.4, 0.5) is 0 Å². The van der Waals surface area contributed by atoms with Crippen LogP contribution in [0.25, 0.3) is 16.8 Å². The summed E-state index contributed by atoms with van der Waals surface area (Å²) < 4.78 is 24.6. The van der Waals surface area contributed by atoms with Gasteiger partial charge in [-0.3, -0.25) is 9.36 Å². The fourth-order valence-corrected chi connectivity index (χ4v) is 6.60. The van der Waals surface area contributed by atoms with E-state index >= 15 is 0 Å². The molecule has 5 aromatic rings. The third-order valence-electron chi connectivity index (χ3n) is 7.67. The van der Waals surface area contributed by atoms with Crippen molar-refractivity contribution in [1.29, 1.82) is 0 Å². The number of methoxy groups -OCH3 is 2. The first kappa shape index (κ1) is 29.9.